The molecule has 1 aliphatic rings. The molecule has 25 heavy (non-hydrogen) atoms. The highest BCUT2D eigenvalue weighted by Crippen LogP contribution is 2.24. The molecule has 0 radical (unpaired) electrons. The van der Waals surface area contributed by atoms with E-state index in [9.17, 15) is 13.2 Å². The fourth-order valence-electron chi connectivity index (χ4n) is 2.87. The highest BCUT2D eigenvalue weighted by Gasteiger charge is 2.23. The van der Waals surface area contributed by atoms with Crippen LogP contribution in [0.1, 0.15) is 31.4 Å². The van der Waals surface area contributed by atoms with Gasteiger partial charge in [-0.2, -0.15) is 0 Å². The molecule has 1 saturated heterocycles. The Morgan fingerprint density at radius 1 is 1.16 bits per heavy atom. The van der Waals surface area contributed by atoms with Gasteiger partial charge in [-0.1, -0.05) is 23.7 Å². The van der Waals surface area contributed by atoms with E-state index < -0.39 is 16.1 Å². The second kappa shape index (κ2) is 7.15. The molecular formula is C18H19ClN2O3S. The molecule has 0 spiro atoms. The molecule has 3 rings (SSSR count). The van der Waals surface area contributed by atoms with Crippen molar-refractivity contribution < 1.29 is 13.2 Å². The molecule has 1 fully saturated rings. The quantitative estimate of drug-likeness (QED) is 0.865. The van der Waals surface area contributed by atoms with Gasteiger partial charge >= 0.3 is 0 Å². The Labute approximate surface area is 152 Å². The molecule has 1 amide bonds. The van der Waals surface area contributed by atoms with Gasteiger partial charge in [0.25, 0.3) is 0 Å². The van der Waals surface area contributed by atoms with E-state index in [1.54, 1.807) is 42.2 Å². The number of rotatable bonds is 5. The Morgan fingerprint density at radius 2 is 1.88 bits per heavy atom. The standard InChI is InChI=1S/C18H19ClN2O3S/c1-13(14-4-2-5-15(19)12-14)20-25(23,24)17-9-7-16(8-10-17)21-11-3-6-18(21)22/h2,4-5,7-10,12-13,20H,3,6,11H2,1H3/t13-/m1/s1. The Kier molecular flexibility index (Phi) is 5.13. The summed E-state index contributed by atoms with van der Waals surface area (Å²) in [6.07, 6.45) is 1.37. The summed E-state index contributed by atoms with van der Waals surface area (Å²) in [4.78, 5) is 13.6. The zero-order valence-electron chi connectivity index (χ0n) is 13.8. The van der Waals surface area contributed by atoms with Crippen LogP contribution in [0.5, 0.6) is 0 Å². The van der Waals surface area contributed by atoms with Crippen LogP contribution in [0.2, 0.25) is 5.02 Å². The van der Waals surface area contributed by atoms with Crippen molar-refractivity contribution in [2.75, 3.05) is 11.4 Å². The topological polar surface area (TPSA) is 66.5 Å². The van der Waals surface area contributed by atoms with Gasteiger partial charge in [0, 0.05) is 29.7 Å². The van der Waals surface area contributed by atoms with Crippen LogP contribution >= 0.6 is 11.6 Å². The van der Waals surface area contributed by atoms with Crippen LogP contribution in [0, 0.1) is 0 Å². The van der Waals surface area contributed by atoms with Crippen LogP contribution < -0.4 is 9.62 Å². The lowest BCUT2D eigenvalue weighted by Crippen LogP contribution is -2.27. The SMILES string of the molecule is C[C@@H](NS(=O)(=O)c1ccc(N2CCCC2=O)cc1)c1cccc(Cl)c1. The summed E-state index contributed by atoms with van der Waals surface area (Å²) in [7, 11) is -3.67. The zero-order chi connectivity index (χ0) is 18.0. The van der Waals surface area contributed by atoms with E-state index in [0.717, 1.165) is 17.7 Å². The minimum Gasteiger partial charge on any atom is -0.312 e. The lowest BCUT2D eigenvalue weighted by molar-refractivity contribution is -0.117. The zero-order valence-corrected chi connectivity index (χ0v) is 15.3. The fraction of sp³-hybridized carbons (Fsp3) is 0.278. The summed E-state index contributed by atoms with van der Waals surface area (Å²) in [5.41, 5.74) is 1.51. The normalized spacial score (nSPS) is 16.2. The first kappa shape index (κ1) is 17.9. The minimum atomic E-state index is -3.67. The molecule has 0 unspecified atom stereocenters. The number of hydrogen-bond donors (Lipinski definition) is 1. The molecule has 1 aliphatic heterocycles. The molecule has 1 atom stereocenters. The second-order valence-electron chi connectivity index (χ2n) is 6.04. The number of benzene rings is 2. The first-order chi connectivity index (χ1) is 11.9. The van der Waals surface area contributed by atoms with E-state index in [1.165, 1.54) is 12.1 Å². The summed E-state index contributed by atoms with van der Waals surface area (Å²) in [6.45, 7) is 2.44. The highest BCUT2D eigenvalue weighted by molar-refractivity contribution is 7.89. The van der Waals surface area contributed by atoms with E-state index in [0.29, 0.717) is 18.0 Å². The van der Waals surface area contributed by atoms with Crippen molar-refractivity contribution in [2.45, 2.75) is 30.7 Å². The number of amides is 1. The summed E-state index contributed by atoms with van der Waals surface area (Å²) >= 11 is 5.96. The van der Waals surface area contributed by atoms with E-state index >= 15 is 0 Å². The van der Waals surface area contributed by atoms with Gasteiger partial charge in [-0.25, -0.2) is 13.1 Å². The number of carbonyl (C=O) groups is 1. The highest BCUT2D eigenvalue weighted by atomic mass is 35.5. The van der Waals surface area contributed by atoms with Gasteiger partial charge < -0.3 is 4.90 Å². The first-order valence-electron chi connectivity index (χ1n) is 8.05. The Balaban J connectivity index is 1.76. The number of sulfonamides is 1. The Hall–Kier alpha value is -1.89. The lowest BCUT2D eigenvalue weighted by atomic mass is 10.1. The second-order valence-corrected chi connectivity index (χ2v) is 8.19. The average Bonchev–Trinajstić information content (AvgIpc) is 3.00. The fourth-order valence-corrected chi connectivity index (χ4v) is 4.30. The molecule has 7 heteroatoms. The number of hydrogen-bond acceptors (Lipinski definition) is 3. The number of halogens is 1. The van der Waals surface area contributed by atoms with E-state index in [4.69, 9.17) is 11.6 Å². The number of nitrogens with zero attached hydrogens (tertiary/aromatic N) is 1. The summed E-state index contributed by atoms with van der Waals surface area (Å²) in [5.74, 6) is 0.0725. The van der Waals surface area contributed by atoms with Crippen LogP contribution in [-0.2, 0) is 14.8 Å². The predicted molar refractivity (Wildman–Crippen MR) is 98.2 cm³/mol. The molecule has 0 aliphatic carbocycles. The van der Waals surface area contributed by atoms with Gasteiger partial charge in [0.15, 0.2) is 0 Å². The third kappa shape index (κ3) is 4.03. The Bertz CT molecular complexity index is 881. The predicted octanol–water partition coefficient (Wildman–Crippen LogP) is 3.51. The van der Waals surface area contributed by atoms with Crippen molar-refractivity contribution in [3.8, 4) is 0 Å². The van der Waals surface area contributed by atoms with Crippen LogP contribution in [0.25, 0.3) is 0 Å². The van der Waals surface area contributed by atoms with Gasteiger partial charge in [-0.3, -0.25) is 4.79 Å². The molecule has 1 heterocycles. The molecular weight excluding hydrogens is 360 g/mol. The molecule has 132 valence electrons. The van der Waals surface area contributed by atoms with Gasteiger partial charge in [-0.05, 0) is 55.3 Å². The molecule has 2 aromatic carbocycles. The average molecular weight is 379 g/mol. The number of carbonyl (C=O) groups excluding carboxylic acids is 1. The van der Waals surface area contributed by atoms with Gasteiger partial charge in [0.05, 0.1) is 4.90 Å². The molecule has 1 N–H and O–H groups in total. The van der Waals surface area contributed by atoms with Crippen LogP contribution in [-0.4, -0.2) is 20.9 Å². The lowest BCUT2D eigenvalue weighted by Gasteiger charge is -2.17. The van der Waals surface area contributed by atoms with E-state index in [1.807, 2.05) is 6.07 Å². The van der Waals surface area contributed by atoms with Crippen molar-refractivity contribution >= 4 is 33.2 Å². The monoisotopic (exact) mass is 378 g/mol. The molecule has 5 nitrogen and oxygen atoms in total. The van der Waals surface area contributed by atoms with E-state index in [-0.39, 0.29) is 10.8 Å². The van der Waals surface area contributed by atoms with Crippen molar-refractivity contribution in [3.05, 3.63) is 59.1 Å². The maximum atomic E-state index is 12.6. The minimum absolute atomic E-state index is 0.0725. The van der Waals surface area contributed by atoms with Crippen molar-refractivity contribution in [1.82, 2.24) is 4.72 Å². The van der Waals surface area contributed by atoms with Crippen molar-refractivity contribution in [3.63, 3.8) is 0 Å². The van der Waals surface area contributed by atoms with Gasteiger partial charge in [0.2, 0.25) is 15.9 Å². The molecule has 0 aromatic heterocycles. The third-order valence-corrected chi connectivity index (χ3v) is 6.00. The number of anilines is 1. The smallest absolute Gasteiger partial charge is 0.241 e. The molecule has 0 saturated carbocycles. The molecule has 2 aromatic rings. The summed E-state index contributed by atoms with van der Waals surface area (Å²) in [5, 5.41) is 0.559. The third-order valence-electron chi connectivity index (χ3n) is 4.21. The Morgan fingerprint density at radius 3 is 2.48 bits per heavy atom. The largest absolute Gasteiger partial charge is 0.312 e. The number of nitrogens with one attached hydrogen (secondary N) is 1. The maximum absolute atomic E-state index is 12.6. The summed E-state index contributed by atoms with van der Waals surface area (Å²) < 4.78 is 27.8. The molecule has 0 bridgehead atoms. The van der Waals surface area contributed by atoms with Crippen molar-refractivity contribution in [2.24, 2.45) is 0 Å². The van der Waals surface area contributed by atoms with E-state index in [2.05, 4.69) is 4.72 Å². The first-order valence-corrected chi connectivity index (χ1v) is 9.91. The summed E-state index contributed by atoms with van der Waals surface area (Å²) in [6, 6.07) is 13.0. The van der Waals surface area contributed by atoms with Crippen LogP contribution in [0.4, 0.5) is 5.69 Å². The van der Waals surface area contributed by atoms with Gasteiger partial charge in [0.1, 0.15) is 0 Å². The van der Waals surface area contributed by atoms with Crippen LogP contribution in [0.15, 0.2) is 53.4 Å². The van der Waals surface area contributed by atoms with Gasteiger partial charge in [-0.15, -0.1) is 0 Å². The van der Waals surface area contributed by atoms with Crippen LogP contribution in [0.3, 0.4) is 0 Å². The maximum Gasteiger partial charge on any atom is 0.241 e. The van der Waals surface area contributed by atoms with Crippen molar-refractivity contribution in [1.29, 1.82) is 0 Å².